The average Bonchev–Trinajstić information content (AvgIpc) is 2.46. The summed E-state index contributed by atoms with van der Waals surface area (Å²) >= 11 is 0. The van der Waals surface area contributed by atoms with Gasteiger partial charge in [-0.3, -0.25) is 0 Å². The Morgan fingerprint density at radius 3 is 2.86 bits per heavy atom. The summed E-state index contributed by atoms with van der Waals surface area (Å²) in [7, 11) is 0. The molecule has 1 heterocycles. The maximum absolute atomic E-state index is 11.8. The number of carbonyl (C=O) groups excluding carboxylic acids is 1. The summed E-state index contributed by atoms with van der Waals surface area (Å²) in [6.07, 6.45) is -0.105. The van der Waals surface area contributed by atoms with Gasteiger partial charge in [0.1, 0.15) is 31.5 Å². The molecule has 0 saturated carbocycles. The zero-order valence-corrected chi connectivity index (χ0v) is 12.8. The molecule has 0 amide bonds. The third-order valence-corrected chi connectivity index (χ3v) is 3.45. The topological polar surface area (TPSA) is 49.2 Å². The highest BCUT2D eigenvalue weighted by Crippen LogP contribution is 2.12. The lowest BCUT2D eigenvalue weighted by molar-refractivity contribution is -0.910. The standard InChI is InChI=1S/C16H23NO4/c1-13-4-3-5-15(10-13)20-12-16(18)21-14(2)11-17-6-8-19-9-7-17/h3-5,10,14H,6-9,11-12H2,1-2H3/p+1/t14-/m0/s1. The molecule has 5 heteroatoms. The van der Waals surface area contributed by atoms with Crippen LogP contribution in [0.1, 0.15) is 12.5 Å². The van der Waals surface area contributed by atoms with Gasteiger partial charge in [-0.25, -0.2) is 4.79 Å². The van der Waals surface area contributed by atoms with E-state index in [9.17, 15) is 4.79 Å². The Hall–Kier alpha value is -1.59. The number of ether oxygens (including phenoxy) is 3. The number of quaternary nitrogens is 1. The first kappa shape index (κ1) is 15.8. The monoisotopic (exact) mass is 294 g/mol. The van der Waals surface area contributed by atoms with Gasteiger partial charge in [0.15, 0.2) is 6.61 Å². The van der Waals surface area contributed by atoms with Crippen molar-refractivity contribution < 1.29 is 23.9 Å². The normalized spacial score (nSPS) is 17.2. The Labute approximate surface area is 125 Å². The molecule has 1 aliphatic rings. The molecule has 1 fully saturated rings. The van der Waals surface area contributed by atoms with Gasteiger partial charge in [0.2, 0.25) is 0 Å². The van der Waals surface area contributed by atoms with Crippen molar-refractivity contribution in [2.24, 2.45) is 0 Å². The first-order valence-electron chi connectivity index (χ1n) is 7.44. The smallest absolute Gasteiger partial charge is 0.344 e. The summed E-state index contributed by atoms with van der Waals surface area (Å²) in [6, 6.07) is 7.62. The number of aryl methyl sites for hydroxylation is 1. The molecule has 1 aromatic carbocycles. The third-order valence-electron chi connectivity index (χ3n) is 3.45. The van der Waals surface area contributed by atoms with Crippen molar-refractivity contribution in [3.8, 4) is 5.75 Å². The predicted octanol–water partition coefficient (Wildman–Crippen LogP) is 0.221. The van der Waals surface area contributed by atoms with Crippen LogP contribution in [-0.4, -0.2) is 51.5 Å². The van der Waals surface area contributed by atoms with E-state index in [4.69, 9.17) is 14.2 Å². The van der Waals surface area contributed by atoms with Gasteiger partial charge in [-0.1, -0.05) is 12.1 Å². The van der Waals surface area contributed by atoms with Crippen molar-refractivity contribution in [2.45, 2.75) is 20.0 Å². The summed E-state index contributed by atoms with van der Waals surface area (Å²) in [5.41, 5.74) is 1.10. The van der Waals surface area contributed by atoms with Crippen LogP contribution in [0, 0.1) is 6.92 Å². The minimum Gasteiger partial charge on any atom is -0.482 e. The lowest BCUT2D eigenvalue weighted by Crippen LogP contribution is -3.15. The Balaban J connectivity index is 1.68. The van der Waals surface area contributed by atoms with Gasteiger partial charge in [0.25, 0.3) is 0 Å². The minimum atomic E-state index is -0.323. The summed E-state index contributed by atoms with van der Waals surface area (Å²) in [5, 5.41) is 0. The number of hydrogen-bond donors (Lipinski definition) is 1. The highest BCUT2D eigenvalue weighted by atomic mass is 16.6. The Morgan fingerprint density at radius 2 is 2.14 bits per heavy atom. The van der Waals surface area contributed by atoms with Gasteiger partial charge in [0, 0.05) is 0 Å². The van der Waals surface area contributed by atoms with Gasteiger partial charge in [-0.2, -0.15) is 0 Å². The van der Waals surface area contributed by atoms with Crippen LogP contribution in [0.3, 0.4) is 0 Å². The Morgan fingerprint density at radius 1 is 1.38 bits per heavy atom. The van der Waals surface area contributed by atoms with E-state index in [2.05, 4.69) is 0 Å². The second kappa shape index (κ2) is 8.00. The van der Waals surface area contributed by atoms with E-state index in [1.165, 1.54) is 4.90 Å². The Bertz CT molecular complexity index is 457. The lowest BCUT2D eigenvalue weighted by Gasteiger charge is -2.26. The van der Waals surface area contributed by atoms with Gasteiger partial charge in [0.05, 0.1) is 13.2 Å². The van der Waals surface area contributed by atoms with Crippen LogP contribution in [0.4, 0.5) is 0 Å². The second-order valence-corrected chi connectivity index (χ2v) is 5.47. The van der Waals surface area contributed by atoms with Crippen molar-refractivity contribution in [3.05, 3.63) is 29.8 Å². The average molecular weight is 294 g/mol. The predicted molar refractivity (Wildman–Crippen MR) is 78.6 cm³/mol. The van der Waals surface area contributed by atoms with E-state index in [1.807, 2.05) is 38.1 Å². The van der Waals surface area contributed by atoms with Gasteiger partial charge in [-0.05, 0) is 31.5 Å². The highest BCUT2D eigenvalue weighted by Gasteiger charge is 2.19. The summed E-state index contributed by atoms with van der Waals surface area (Å²) in [4.78, 5) is 13.2. The number of nitrogens with one attached hydrogen (secondary N) is 1. The van der Waals surface area contributed by atoms with Crippen molar-refractivity contribution in [1.29, 1.82) is 0 Å². The summed E-state index contributed by atoms with van der Waals surface area (Å²) in [5.74, 6) is 0.370. The molecule has 1 saturated heterocycles. The van der Waals surface area contributed by atoms with E-state index in [1.54, 1.807) is 0 Å². The molecule has 0 spiro atoms. The highest BCUT2D eigenvalue weighted by molar-refractivity contribution is 5.71. The van der Waals surface area contributed by atoms with Crippen LogP contribution in [0.25, 0.3) is 0 Å². The maximum Gasteiger partial charge on any atom is 0.344 e. The van der Waals surface area contributed by atoms with Crippen LogP contribution >= 0.6 is 0 Å². The quantitative estimate of drug-likeness (QED) is 0.763. The molecule has 2 rings (SSSR count). The van der Waals surface area contributed by atoms with E-state index in [0.29, 0.717) is 5.75 Å². The molecule has 0 bridgehead atoms. The second-order valence-electron chi connectivity index (χ2n) is 5.47. The van der Waals surface area contributed by atoms with E-state index in [-0.39, 0.29) is 18.7 Å². The summed E-state index contributed by atoms with van der Waals surface area (Å²) in [6.45, 7) is 8.19. The van der Waals surface area contributed by atoms with Crippen LogP contribution in [0.2, 0.25) is 0 Å². The number of hydrogen-bond acceptors (Lipinski definition) is 4. The molecule has 0 aliphatic carbocycles. The van der Waals surface area contributed by atoms with Crippen molar-refractivity contribution in [1.82, 2.24) is 0 Å². The fourth-order valence-corrected chi connectivity index (χ4v) is 2.42. The number of esters is 1. The number of carbonyl (C=O) groups is 1. The van der Waals surface area contributed by atoms with Crippen molar-refractivity contribution >= 4 is 5.97 Å². The van der Waals surface area contributed by atoms with Gasteiger partial charge < -0.3 is 19.1 Å². The molecule has 21 heavy (non-hydrogen) atoms. The van der Waals surface area contributed by atoms with E-state index < -0.39 is 0 Å². The molecule has 0 unspecified atom stereocenters. The van der Waals surface area contributed by atoms with Crippen LogP contribution in [0.5, 0.6) is 5.75 Å². The minimum absolute atomic E-state index is 0.0494. The van der Waals surface area contributed by atoms with E-state index in [0.717, 1.165) is 38.4 Å². The molecule has 1 atom stereocenters. The zero-order chi connectivity index (χ0) is 15.1. The van der Waals surface area contributed by atoms with Gasteiger partial charge >= 0.3 is 5.97 Å². The molecule has 5 nitrogen and oxygen atoms in total. The molecule has 1 aromatic rings. The largest absolute Gasteiger partial charge is 0.482 e. The van der Waals surface area contributed by atoms with Crippen LogP contribution in [0.15, 0.2) is 24.3 Å². The summed E-state index contributed by atoms with van der Waals surface area (Å²) < 4.78 is 16.1. The number of benzene rings is 1. The SMILES string of the molecule is Cc1cccc(OCC(=O)O[C@@H](C)C[NH+]2CCOCC2)c1. The lowest BCUT2D eigenvalue weighted by atomic mass is 10.2. The van der Waals surface area contributed by atoms with Crippen molar-refractivity contribution in [3.63, 3.8) is 0 Å². The number of rotatable bonds is 6. The molecular weight excluding hydrogens is 270 g/mol. The number of morpholine rings is 1. The Kier molecular flexibility index (Phi) is 6.02. The van der Waals surface area contributed by atoms with Crippen molar-refractivity contribution in [2.75, 3.05) is 39.5 Å². The molecule has 0 aromatic heterocycles. The molecule has 116 valence electrons. The fraction of sp³-hybridized carbons (Fsp3) is 0.562. The molecular formula is C16H24NO4+. The van der Waals surface area contributed by atoms with E-state index >= 15 is 0 Å². The zero-order valence-electron chi connectivity index (χ0n) is 12.8. The van der Waals surface area contributed by atoms with Crippen LogP contribution < -0.4 is 9.64 Å². The first-order chi connectivity index (χ1) is 10.1. The molecule has 0 radical (unpaired) electrons. The third kappa shape index (κ3) is 5.73. The first-order valence-corrected chi connectivity index (χ1v) is 7.44. The van der Waals surface area contributed by atoms with Crippen LogP contribution in [-0.2, 0) is 14.3 Å². The fourth-order valence-electron chi connectivity index (χ4n) is 2.42. The molecule has 1 N–H and O–H groups in total. The van der Waals surface area contributed by atoms with Gasteiger partial charge in [-0.15, -0.1) is 0 Å². The molecule has 1 aliphatic heterocycles. The maximum atomic E-state index is 11.8.